The third-order valence-corrected chi connectivity index (χ3v) is 4.72. The van der Waals surface area contributed by atoms with Gasteiger partial charge in [0.1, 0.15) is 0 Å². The number of nitrogens with zero attached hydrogens (tertiary/aromatic N) is 1. The van der Waals surface area contributed by atoms with Crippen LogP contribution in [-0.4, -0.2) is 28.2 Å². The fourth-order valence-corrected chi connectivity index (χ4v) is 3.42. The molecule has 0 unspecified atom stereocenters. The van der Waals surface area contributed by atoms with E-state index >= 15 is 0 Å². The summed E-state index contributed by atoms with van der Waals surface area (Å²) in [6.07, 6.45) is 2.00. The van der Waals surface area contributed by atoms with Crippen molar-refractivity contribution >= 4 is 6.09 Å². The van der Waals surface area contributed by atoms with Gasteiger partial charge in [-0.1, -0.05) is 60.7 Å². The molecule has 1 fully saturated rings. The van der Waals surface area contributed by atoms with Crippen LogP contribution in [0.5, 0.6) is 0 Å². The van der Waals surface area contributed by atoms with Gasteiger partial charge in [-0.15, -0.1) is 0 Å². The number of rotatable bonds is 6. The smallest absolute Gasteiger partial charge is 0.407 e. The van der Waals surface area contributed by atoms with Crippen molar-refractivity contribution in [2.75, 3.05) is 0 Å². The SMILES string of the molecule is O=C(O)N(Cc1ccccc1)[C@@H]1CC[C@H](NCc2ccccc2)C1. The van der Waals surface area contributed by atoms with Crippen LogP contribution in [0, 0.1) is 0 Å². The molecule has 2 atom stereocenters. The summed E-state index contributed by atoms with van der Waals surface area (Å²) in [5, 5.41) is 13.2. The summed E-state index contributed by atoms with van der Waals surface area (Å²) >= 11 is 0. The van der Waals surface area contributed by atoms with E-state index < -0.39 is 6.09 Å². The number of benzene rings is 2. The third-order valence-electron chi connectivity index (χ3n) is 4.72. The van der Waals surface area contributed by atoms with Crippen molar-refractivity contribution < 1.29 is 9.90 Å². The molecule has 0 bridgehead atoms. The summed E-state index contributed by atoms with van der Waals surface area (Å²) in [5.41, 5.74) is 2.31. The summed E-state index contributed by atoms with van der Waals surface area (Å²) in [5.74, 6) is 0. The standard InChI is InChI=1S/C20H24N2O2/c23-20(24)22(15-17-9-5-2-6-10-17)19-12-11-18(13-19)21-14-16-7-3-1-4-8-16/h1-10,18-19,21H,11-15H2,(H,23,24)/t18-,19+/m0/s1. The zero-order valence-electron chi connectivity index (χ0n) is 13.8. The van der Waals surface area contributed by atoms with Crippen molar-refractivity contribution in [3.05, 3.63) is 71.8 Å². The van der Waals surface area contributed by atoms with Gasteiger partial charge in [-0.2, -0.15) is 0 Å². The molecule has 2 aromatic carbocycles. The van der Waals surface area contributed by atoms with E-state index in [1.807, 2.05) is 48.5 Å². The second-order valence-corrected chi connectivity index (χ2v) is 6.43. The first kappa shape index (κ1) is 16.5. The number of hydrogen-bond acceptors (Lipinski definition) is 2. The van der Waals surface area contributed by atoms with E-state index in [-0.39, 0.29) is 6.04 Å². The molecule has 4 heteroatoms. The van der Waals surface area contributed by atoms with Crippen LogP contribution >= 0.6 is 0 Å². The van der Waals surface area contributed by atoms with Gasteiger partial charge in [0.05, 0.1) is 0 Å². The van der Waals surface area contributed by atoms with Crippen LogP contribution in [0.1, 0.15) is 30.4 Å². The van der Waals surface area contributed by atoms with Gasteiger partial charge >= 0.3 is 6.09 Å². The molecule has 3 rings (SSSR count). The maximum absolute atomic E-state index is 11.7. The van der Waals surface area contributed by atoms with Crippen molar-refractivity contribution in [3.8, 4) is 0 Å². The quantitative estimate of drug-likeness (QED) is 0.848. The zero-order valence-corrected chi connectivity index (χ0v) is 13.8. The van der Waals surface area contributed by atoms with Gasteiger partial charge in [0.2, 0.25) is 0 Å². The van der Waals surface area contributed by atoms with Crippen LogP contribution in [-0.2, 0) is 13.1 Å². The minimum absolute atomic E-state index is 0.0935. The fourth-order valence-electron chi connectivity index (χ4n) is 3.42. The molecule has 2 N–H and O–H groups in total. The minimum Gasteiger partial charge on any atom is -0.465 e. The van der Waals surface area contributed by atoms with E-state index in [0.717, 1.165) is 31.4 Å². The number of hydrogen-bond donors (Lipinski definition) is 2. The Hall–Kier alpha value is -2.33. The molecule has 1 aliphatic rings. The molecule has 0 saturated heterocycles. The Morgan fingerprint density at radius 2 is 1.62 bits per heavy atom. The van der Waals surface area contributed by atoms with E-state index in [2.05, 4.69) is 17.4 Å². The third kappa shape index (κ3) is 4.36. The second-order valence-electron chi connectivity index (χ2n) is 6.43. The molecule has 0 aromatic heterocycles. The van der Waals surface area contributed by atoms with Crippen molar-refractivity contribution in [2.45, 2.75) is 44.4 Å². The zero-order chi connectivity index (χ0) is 16.8. The number of carboxylic acid groups (broad SMARTS) is 1. The Morgan fingerprint density at radius 3 is 2.25 bits per heavy atom. The lowest BCUT2D eigenvalue weighted by atomic mass is 10.1. The Morgan fingerprint density at radius 1 is 1.00 bits per heavy atom. The van der Waals surface area contributed by atoms with Crippen molar-refractivity contribution in [2.24, 2.45) is 0 Å². The molecule has 24 heavy (non-hydrogen) atoms. The first-order chi connectivity index (χ1) is 11.7. The van der Waals surface area contributed by atoms with Crippen LogP contribution in [0.4, 0.5) is 4.79 Å². The number of amides is 1. The maximum atomic E-state index is 11.7. The summed E-state index contributed by atoms with van der Waals surface area (Å²) in [6.45, 7) is 1.30. The molecule has 0 radical (unpaired) electrons. The van der Waals surface area contributed by atoms with Gasteiger partial charge in [-0.25, -0.2) is 4.79 Å². The van der Waals surface area contributed by atoms with Crippen LogP contribution < -0.4 is 5.32 Å². The molecular formula is C20H24N2O2. The highest BCUT2D eigenvalue weighted by Gasteiger charge is 2.31. The van der Waals surface area contributed by atoms with E-state index in [1.165, 1.54) is 5.56 Å². The van der Waals surface area contributed by atoms with Gasteiger partial charge in [-0.3, -0.25) is 0 Å². The van der Waals surface area contributed by atoms with Crippen molar-refractivity contribution in [3.63, 3.8) is 0 Å². The second kappa shape index (κ2) is 7.97. The van der Waals surface area contributed by atoms with E-state index in [0.29, 0.717) is 12.6 Å². The van der Waals surface area contributed by atoms with Gasteiger partial charge in [0, 0.05) is 25.2 Å². The molecule has 0 spiro atoms. The first-order valence-corrected chi connectivity index (χ1v) is 8.53. The highest BCUT2D eigenvalue weighted by molar-refractivity contribution is 5.65. The van der Waals surface area contributed by atoms with Crippen LogP contribution in [0.3, 0.4) is 0 Å². The molecule has 1 amide bonds. The minimum atomic E-state index is -0.826. The fraction of sp³-hybridized carbons (Fsp3) is 0.350. The van der Waals surface area contributed by atoms with E-state index in [4.69, 9.17) is 0 Å². The lowest BCUT2D eigenvalue weighted by Crippen LogP contribution is -2.38. The Bertz CT molecular complexity index is 645. The highest BCUT2D eigenvalue weighted by atomic mass is 16.4. The summed E-state index contributed by atoms with van der Waals surface area (Å²) in [6, 6.07) is 20.6. The molecule has 1 saturated carbocycles. The predicted molar refractivity (Wildman–Crippen MR) is 94.7 cm³/mol. The molecule has 0 aliphatic heterocycles. The lowest BCUT2D eigenvalue weighted by molar-refractivity contribution is 0.120. The van der Waals surface area contributed by atoms with E-state index in [9.17, 15) is 9.90 Å². The Kier molecular flexibility index (Phi) is 5.49. The van der Waals surface area contributed by atoms with E-state index in [1.54, 1.807) is 4.90 Å². The average molecular weight is 324 g/mol. The normalized spacial score (nSPS) is 20.0. The maximum Gasteiger partial charge on any atom is 0.407 e. The topological polar surface area (TPSA) is 52.6 Å². The lowest BCUT2D eigenvalue weighted by Gasteiger charge is -2.26. The highest BCUT2D eigenvalue weighted by Crippen LogP contribution is 2.26. The predicted octanol–water partition coefficient (Wildman–Crippen LogP) is 3.88. The number of carbonyl (C=O) groups is 1. The molecule has 0 heterocycles. The summed E-state index contributed by atoms with van der Waals surface area (Å²) in [4.78, 5) is 13.3. The molecule has 126 valence electrons. The van der Waals surface area contributed by atoms with Crippen LogP contribution in [0.15, 0.2) is 60.7 Å². The van der Waals surface area contributed by atoms with Gasteiger partial charge in [-0.05, 0) is 30.4 Å². The van der Waals surface area contributed by atoms with Crippen molar-refractivity contribution in [1.82, 2.24) is 10.2 Å². The molecule has 4 nitrogen and oxygen atoms in total. The Labute approximate surface area is 143 Å². The van der Waals surface area contributed by atoms with Crippen LogP contribution in [0.25, 0.3) is 0 Å². The van der Waals surface area contributed by atoms with Crippen LogP contribution in [0.2, 0.25) is 0 Å². The number of nitrogens with one attached hydrogen (secondary N) is 1. The monoisotopic (exact) mass is 324 g/mol. The average Bonchev–Trinajstić information content (AvgIpc) is 3.08. The largest absolute Gasteiger partial charge is 0.465 e. The molecule has 2 aromatic rings. The van der Waals surface area contributed by atoms with Gasteiger partial charge in [0.15, 0.2) is 0 Å². The summed E-state index contributed by atoms with van der Waals surface area (Å²) in [7, 11) is 0. The first-order valence-electron chi connectivity index (χ1n) is 8.53. The Balaban J connectivity index is 1.55. The van der Waals surface area contributed by atoms with Gasteiger partial charge < -0.3 is 15.3 Å². The molecular weight excluding hydrogens is 300 g/mol. The summed E-state index contributed by atoms with van der Waals surface area (Å²) < 4.78 is 0. The van der Waals surface area contributed by atoms with Gasteiger partial charge in [0.25, 0.3) is 0 Å². The van der Waals surface area contributed by atoms with Crippen molar-refractivity contribution in [1.29, 1.82) is 0 Å². The molecule has 1 aliphatic carbocycles.